The van der Waals surface area contributed by atoms with E-state index in [2.05, 4.69) is 0 Å². The van der Waals surface area contributed by atoms with Crippen LogP contribution in [0.5, 0.6) is 0 Å². The van der Waals surface area contributed by atoms with E-state index < -0.39 is 76.3 Å². The van der Waals surface area contributed by atoms with Crippen LogP contribution in [0.4, 0.5) is 0 Å². The Morgan fingerprint density at radius 2 is 1.87 bits per heavy atom. The van der Waals surface area contributed by atoms with Crippen molar-refractivity contribution in [2.75, 3.05) is 6.61 Å². The van der Waals surface area contributed by atoms with Gasteiger partial charge in [-0.1, -0.05) is 52.8 Å². The van der Waals surface area contributed by atoms with Crippen LogP contribution in [-0.4, -0.2) is 62.6 Å². The number of rotatable bonds is 6. The van der Waals surface area contributed by atoms with E-state index in [1.54, 1.807) is 52.8 Å². The van der Waals surface area contributed by atoms with Crippen LogP contribution in [0.2, 0.25) is 0 Å². The Bertz CT molecular complexity index is 1150. The van der Waals surface area contributed by atoms with Crippen LogP contribution in [-0.2, 0) is 23.9 Å². The Kier molecular flexibility index (Phi) is 6.90. The van der Waals surface area contributed by atoms with Crippen LogP contribution < -0.4 is 0 Å². The van der Waals surface area contributed by atoms with Crippen molar-refractivity contribution >= 4 is 17.7 Å². The molecule has 2 saturated carbocycles. The first-order valence-electron chi connectivity index (χ1n) is 13.6. The number of ketones is 1. The number of ether oxygens (including phenoxy) is 2. The zero-order valence-electron chi connectivity index (χ0n) is 23.7. The van der Waals surface area contributed by atoms with Gasteiger partial charge in [-0.15, -0.1) is 0 Å². The molecule has 0 heterocycles. The molecule has 0 amide bonds. The number of carbonyl (C=O) groups is 3. The Morgan fingerprint density at radius 1 is 1.24 bits per heavy atom. The van der Waals surface area contributed by atoms with Crippen molar-refractivity contribution in [3.63, 3.8) is 0 Å². The van der Waals surface area contributed by atoms with Gasteiger partial charge in [0.2, 0.25) is 0 Å². The molecule has 0 bridgehead atoms. The maximum Gasteiger partial charge on any atom is 0.333 e. The molecule has 2 fully saturated rings. The van der Waals surface area contributed by atoms with Crippen molar-refractivity contribution in [3.05, 3.63) is 34.9 Å². The molecule has 0 aliphatic heterocycles. The molecule has 4 aliphatic carbocycles. The lowest BCUT2D eigenvalue weighted by molar-refractivity contribution is -0.228. The van der Waals surface area contributed by atoms with Gasteiger partial charge in [0.05, 0.1) is 18.1 Å². The molecule has 3 N–H and O–H groups in total. The fourth-order valence-corrected chi connectivity index (χ4v) is 7.58. The normalized spacial score (nSPS) is 42.0. The monoisotopic (exact) mass is 530 g/mol. The quantitative estimate of drug-likeness (QED) is 0.271. The summed E-state index contributed by atoms with van der Waals surface area (Å²) in [5, 5.41) is 34.7. The molecule has 0 unspecified atom stereocenters. The van der Waals surface area contributed by atoms with Gasteiger partial charge in [0.1, 0.15) is 11.7 Å². The molecule has 4 aliphatic rings. The first-order chi connectivity index (χ1) is 17.6. The molecule has 0 aromatic heterocycles. The number of aliphatic hydroxyl groups is 3. The highest BCUT2D eigenvalue weighted by Gasteiger charge is 2.88. The molecule has 0 spiro atoms. The second-order valence-electron chi connectivity index (χ2n) is 12.5. The summed E-state index contributed by atoms with van der Waals surface area (Å²) in [7, 11) is 0. The number of hydrogen-bond donors (Lipinski definition) is 3. The largest absolute Gasteiger partial charge is 0.454 e. The third-order valence-electron chi connectivity index (χ3n) is 10.2. The molecule has 210 valence electrons. The van der Waals surface area contributed by atoms with E-state index >= 15 is 0 Å². The Labute approximate surface area is 224 Å². The van der Waals surface area contributed by atoms with Crippen LogP contribution in [0.1, 0.15) is 68.2 Å². The minimum absolute atomic E-state index is 0.124. The summed E-state index contributed by atoms with van der Waals surface area (Å²) in [6.45, 7) is 13.8. The molecule has 38 heavy (non-hydrogen) atoms. The summed E-state index contributed by atoms with van der Waals surface area (Å²) >= 11 is 0. The smallest absolute Gasteiger partial charge is 0.333 e. The second-order valence-corrected chi connectivity index (χ2v) is 12.5. The van der Waals surface area contributed by atoms with Crippen LogP contribution in [0.25, 0.3) is 0 Å². The second kappa shape index (κ2) is 9.14. The highest BCUT2D eigenvalue weighted by molar-refractivity contribution is 6.04. The first kappa shape index (κ1) is 28.7. The number of allylic oxidation sites excluding steroid dienone is 1. The van der Waals surface area contributed by atoms with Gasteiger partial charge in [-0.25, -0.2) is 4.79 Å². The van der Waals surface area contributed by atoms with E-state index in [4.69, 9.17) is 9.47 Å². The van der Waals surface area contributed by atoms with Gasteiger partial charge in [-0.3, -0.25) is 9.59 Å². The summed E-state index contributed by atoms with van der Waals surface area (Å²) < 4.78 is 12.4. The van der Waals surface area contributed by atoms with Crippen molar-refractivity contribution in [2.24, 2.45) is 35.0 Å². The van der Waals surface area contributed by atoms with E-state index in [1.165, 1.54) is 0 Å². The number of Topliss-reactive ketones (excluding diaryl/α,β-unsaturated/α-hetero) is 1. The SMILES string of the molecule is C/C=C(\C)C(=O)O[C@@H]1[C@@H](C)[C@]2(O)[C@H]3C=C(C)C(=O)[C@@]3(O)CC(CO)=C[C@H]2[C@@H]2C(C)(C)[C@]12OC(=O)[C@H](C)CC. The molecule has 8 heteroatoms. The summed E-state index contributed by atoms with van der Waals surface area (Å²) in [5.41, 5.74) is -4.51. The summed E-state index contributed by atoms with van der Waals surface area (Å²) in [6.07, 6.45) is 4.40. The predicted octanol–water partition coefficient (Wildman–Crippen LogP) is 3.04. The van der Waals surface area contributed by atoms with Gasteiger partial charge in [0.25, 0.3) is 0 Å². The first-order valence-corrected chi connectivity index (χ1v) is 13.6. The Balaban J connectivity index is 1.95. The minimum Gasteiger partial charge on any atom is -0.454 e. The number of esters is 2. The summed E-state index contributed by atoms with van der Waals surface area (Å²) in [6, 6.07) is 0. The average molecular weight is 531 g/mol. The molecule has 8 nitrogen and oxygen atoms in total. The lowest BCUT2D eigenvalue weighted by atomic mass is 9.59. The predicted molar refractivity (Wildman–Crippen MR) is 139 cm³/mol. The fourth-order valence-electron chi connectivity index (χ4n) is 7.58. The van der Waals surface area contributed by atoms with Gasteiger partial charge in [0.15, 0.2) is 11.4 Å². The minimum atomic E-state index is -1.95. The molecule has 0 radical (unpaired) electrons. The van der Waals surface area contributed by atoms with Gasteiger partial charge in [-0.05, 0) is 38.3 Å². The molecule has 0 saturated heterocycles. The highest BCUT2D eigenvalue weighted by Crippen LogP contribution is 2.77. The summed E-state index contributed by atoms with van der Waals surface area (Å²) in [5.74, 6) is -4.91. The zero-order chi connectivity index (χ0) is 28.6. The van der Waals surface area contributed by atoms with Gasteiger partial charge >= 0.3 is 11.9 Å². The number of hydrogen-bond acceptors (Lipinski definition) is 8. The molecule has 9 atom stereocenters. The van der Waals surface area contributed by atoms with E-state index in [0.717, 1.165) is 0 Å². The van der Waals surface area contributed by atoms with Crippen molar-refractivity contribution < 1.29 is 39.2 Å². The Morgan fingerprint density at radius 3 is 2.42 bits per heavy atom. The van der Waals surface area contributed by atoms with Crippen molar-refractivity contribution in [1.82, 2.24) is 0 Å². The van der Waals surface area contributed by atoms with Crippen LogP contribution in [0.15, 0.2) is 34.9 Å². The zero-order valence-corrected chi connectivity index (χ0v) is 23.7. The maximum atomic E-state index is 13.3. The van der Waals surface area contributed by atoms with Crippen LogP contribution >= 0.6 is 0 Å². The Hall–Kier alpha value is -2.29. The van der Waals surface area contributed by atoms with E-state index in [-0.39, 0.29) is 12.3 Å². The van der Waals surface area contributed by atoms with E-state index in [1.807, 2.05) is 20.8 Å². The van der Waals surface area contributed by atoms with Crippen molar-refractivity contribution in [3.8, 4) is 0 Å². The fraction of sp³-hybridized carbons (Fsp3) is 0.700. The van der Waals surface area contributed by atoms with Crippen LogP contribution in [0, 0.1) is 35.0 Å². The van der Waals surface area contributed by atoms with E-state index in [0.29, 0.717) is 23.1 Å². The average Bonchev–Trinajstić information content (AvgIpc) is 3.30. The number of fused-ring (bicyclic) bond motifs is 5. The van der Waals surface area contributed by atoms with Gasteiger partial charge in [0, 0.05) is 41.1 Å². The summed E-state index contributed by atoms with van der Waals surface area (Å²) in [4.78, 5) is 39.6. The standard InChI is InChI=1S/C30H42O8/c1-9-15(3)25(33)37-24-18(6)29(36)20(22-27(7,8)30(22,24)38-26(34)16(4)10-2)12-19(14-31)13-28(35)21(29)11-17(5)23(28)32/h9,11-12,16,18,20-22,24,31,35-36H,10,13-14H2,1-8H3/b15-9+/t16-,18-,20+,21+,22-,24-,28-,29-,30-/m1/s1. The molecule has 0 aromatic carbocycles. The maximum absolute atomic E-state index is 13.3. The third-order valence-corrected chi connectivity index (χ3v) is 10.2. The molecular weight excluding hydrogens is 488 g/mol. The lowest BCUT2D eigenvalue weighted by Gasteiger charge is -2.53. The topological polar surface area (TPSA) is 130 Å². The number of aliphatic hydroxyl groups excluding tert-OH is 1. The molecule has 0 aromatic rings. The number of carbonyl (C=O) groups excluding carboxylic acids is 3. The molecule has 4 rings (SSSR count). The van der Waals surface area contributed by atoms with Crippen LogP contribution in [0.3, 0.4) is 0 Å². The van der Waals surface area contributed by atoms with Gasteiger partial charge in [-0.2, -0.15) is 0 Å². The van der Waals surface area contributed by atoms with Crippen molar-refractivity contribution in [2.45, 2.75) is 91.1 Å². The highest BCUT2D eigenvalue weighted by atomic mass is 16.6. The van der Waals surface area contributed by atoms with E-state index in [9.17, 15) is 29.7 Å². The lowest BCUT2D eigenvalue weighted by Crippen LogP contribution is -2.66. The third kappa shape index (κ3) is 3.56. The van der Waals surface area contributed by atoms with Crippen molar-refractivity contribution in [1.29, 1.82) is 0 Å². The van der Waals surface area contributed by atoms with Gasteiger partial charge < -0.3 is 24.8 Å². The molecular formula is C30H42O8.